The second-order valence-corrected chi connectivity index (χ2v) is 9.64. The monoisotopic (exact) mass is 459 g/mol. The van der Waals surface area contributed by atoms with Crippen LogP contribution in [0.4, 0.5) is 11.4 Å². The van der Waals surface area contributed by atoms with Gasteiger partial charge in [0.05, 0.1) is 19.1 Å². The van der Waals surface area contributed by atoms with Gasteiger partial charge in [-0.1, -0.05) is 12.1 Å². The van der Waals surface area contributed by atoms with Gasteiger partial charge < -0.3 is 15.0 Å². The minimum absolute atomic E-state index is 0.124. The second kappa shape index (κ2) is 10.5. The third-order valence-corrected chi connectivity index (χ3v) is 6.51. The molecule has 0 spiro atoms. The first-order valence-electron chi connectivity index (χ1n) is 10.6. The minimum Gasteiger partial charge on any atom is -0.497 e. The molecule has 0 aliphatic carbocycles. The quantitative estimate of drug-likeness (QED) is 0.589. The number of rotatable bonds is 10. The van der Waals surface area contributed by atoms with E-state index in [0.29, 0.717) is 30.8 Å². The fraction of sp³-hybridized carbons (Fsp3) is 0.391. The lowest BCUT2D eigenvalue weighted by atomic mass is 10.2. The smallest absolute Gasteiger partial charge is 0.232 e. The largest absolute Gasteiger partial charge is 0.497 e. The minimum atomic E-state index is -3.48. The third kappa shape index (κ3) is 6.23. The fourth-order valence-electron chi connectivity index (χ4n) is 3.66. The third-order valence-electron chi connectivity index (χ3n) is 5.31. The SMILES string of the molecule is COc1ccc(N(CCCC(=O)NCc2cccc(N3CCCC3=O)c2)S(C)(=O)=O)cc1. The van der Waals surface area contributed by atoms with Crippen LogP contribution in [0.25, 0.3) is 0 Å². The van der Waals surface area contributed by atoms with Crippen molar-refractivity contribution in [1.29, 1.82) is 0 Å². The van der Waals surface area contributed by atoms with Crippen molar-refractivity contribution in [2.24, 2.45) is 0 Å². The number of carbonyl (C=O) groups is 2. The highest BCUT2D eigenvalue weighted by Crippen LogP contribution is 2.23. The van der Waals surface area contributed by atoms with Crippen molar-refractivity contribution in [3.05, 3.63) is 54.1 Å². The molecule has 1 saturated heterocycles. The van der Waals surface area contributed by atoms with Crippen LogP contribution in [0.5, 0.6) is 5.75 Å². The van der Waals surface area contributed by atoms with Crippen molar-refractivity contribution in [2.75, 3.05) is 35.7 Å². The molecule has 1 aliphatic rings. The molecule has 2 amide bonds. The summed E-state index contributed by atoms with van der Waals surface area (Å²) in [6.07, 6.45) is 3.16. The van der Waals surface area contributed by atoms with Gasteiger partial charge >= 0.3 is 0 Å². The Bertz CT molecular complexity index is 1050. The van der Waals surface area contributed by atoms with Gasteiger partial charge in [0.2, 0.25) is 21.8 Å². The Hall–Kier alpha value is -3.07. The normalized spacial score (nSPS) is 13.8. The Morgan fingerprint density at radius 1 is 1.19 bits per heavy atom. The number of methoxy groups -OCH3 is 1. The van der Waals surface area contributed by atoms with Crippen LogP contribution in [0.3, 0.4) is 0 Å². The van der Waals surface area contributed by atoms with Crippen LogP contribution in [0, 0.1) is 0 Å². The van der Waals surface area contributed by atoms with Gasteiger partial charge in [0.25, 0.3) is 0 Å². The molecule has 3 rings (SSSR count). The molecule has 2 aromatic rings. The van der Waals surface area contributed by atoms with Crippen molar-refractivity contribution in [3.63, 3.8) is 0 Å². The number of benzene rings is 2. The van der Waals surface area contributed by atoms with Gasteiger partial charge in [-0.2, -0.15) is 0 Å². The van der Waals surface area contributed by atoms with E-state index in [1.165, 1.54) is 4.31 Å². The van der Waals surface area contributed by atoms with E-state index in [4.69, 9.17) is 4.74 Å². The van der Waals surface area contributed by atoms with Crippen molar-refractivity contribution in [2.45, 2.75) is 32.2 Å². The molecule has 0 saturated carbocycles. The average molecular weight is 460 g/mol. The number of anilines is 2. The summed E-state index contributed by atoms with van der Waals surface area (Å²) in [6.45, 7) is 1.27. The fourth-order valence-corrected chi connectivity index (χ4v) is 4.63. The number of nitrogens with one attached hydrogen (secondary N) is 1. The summed E-state index contributed by atoms with van der Waals surface area (Å²) in [5.41, 5.74) is 2.29. The summed E-state index contributed by atoms with van der Waals surface area (Å²) < 4.78 is 30.8. The van der Waals surface area contributed by atoms with Crippen LogP contribution in [0.1, 0.15) is 31.2 Å². The highest BCUT2D eigenvalue weighted by Gasteiger charge is 2.22. The average Bonchev–Trinajstić information content (AvgIpc) is 3.20. The Labute approximate surface area is 189 Å². The lowest BCUT2D eigenvalue weighted by molar-refractivity contribution is -0.121. The number of carbonyl (C=O) groups excluding carboxylic acids is 2. The maximum absolute atomic E-state index is 12.3. The van der Waals surface area contributed by atoms with E-state index in [2.05, 4.69) is 5.32 Å². The first-order valence-corrected chi connectivity index (χ1v) is 12.4. The lowest BCUT2D eigenvalue weighted by Gasteiger charge is -2.22. The van der Waals surface area contributed by atoms with Crippen molar-refractivity contribution in [1.82, 2.24) is 5.32 Å². The molecule has 1 aliphatic heterocycles. The van der Waals surface area contributed by atoms with Gasteiger partial charge in [-0.25, -0.2) is 8.42 Å². The molecule has 0 radical (unpaired) electrons. The van der Waals surface area contributed by atoms with Gasteiger partial charge in [0.15, 0.2) is 0 Å². The molecule has 8 nitrogen and oxygen atoms in total. The van der Waals surface area contributed by atoms with Gasteiger partial charge in [-0.3, -0.25) is 13.9 Å². The van der Waals surface area contributed by atoms with Gasteiger partial charge in [-0.15, -0.1) is 0 Å². The number of hydrogen-bond donors (Lipinski definition) is 1. The summed E-state index contributed by atoms with van der Waals surface area (Å²) >= 11 is 0. The first-order chi connectivity index (χ1) is 15.3. The zero-order valence-corrected chi connectivity index (χ0v) is 19.2. The van der Waals surface area contributed by atoms with Crippen molar-refractivity contribution in [3.8, 4) is 5.75 Å². The Kier molecular flexibility index (Phi) is 7.74. The lowest BCUT2D eigenvalue weighted by Crippen LogP contribution is -2.32. The Balaban J connectivity index is 1.51. The maximum Gasteiger partial charge on any atom is 0.232 e. The van der Waals surface area contributed by atoms with E-state index in [0.717, 1.165) is 30.5 Å². The van der Waals surface area contributed by atoms with E-state index in [1.54, 1.807) is 36.3 Å². The molecule has 172 valence electrons. The van der Waals surface area contributed by atoms with Gasteiger partial charge in [0, 0.05) is 38.2 Å². The molecule has 32 heavy (non-hydrogen) atoms. The molecule has 2 aromatic carbocycles. The van der Waals surface area contributed by atoms with Crippen LogP contribution in [0.2, 0.25) is 0 Å². The molecule has 1 N–H and O–H groups in total. The number of amides is 2. The molecular weight excluding hydrogens is 430 g/mol. The van der Waals surface area contributed by atoms with Crippen LogP contribution in [-0.2, 0) is 26.2 Å². The molecule has 9 heteroatoms. The van der Waals surface area contributed by atoms with Gasteiger partial charge in [0.1, 0.15) is 5.75 Å². The van der Waals surface area contributed by atoms with Crippen LogP contribution in [0.15, 0.2) is 48.5 Å². The molecule has 0 bridgehead atoms. The molecule has 1 heterocycles. The summed E-state index contributed by atoms with van der Waals surface area (Å²) in [7, 11) is -1.93. The van der Waals surface area contributed by atoms with E-state index in [1.807, 2.05) is 24.3 Å². The Morgan fingerprint density at radius 3 is 2.56 bits per heavy atom. The summed E-state index contributed by atoms with van der Waals surface area (Å²) in [5, 5.41) is 2.87. The van der Waals surface area contributed by atoms with Crippen LogP contribution >= 0.6 is 0 Å². The number of sulfonamides is 1. The molecule has 1 fully saturated rings. The predicted octanol–water partition coefficient (Wildman–Crippen LogP) is 2.68. The van der Waals surface area contributed by atoms with Crippen LogP contribution < -0.4 is 19.3 Å². The van der Waals surface area contributed by atoms with Gasteiger partial charge in [-0.05, 0) is 54.8 Å². The van der Waals surface area contributed by atoms with Crippen molar-refractivity contribution < 1.29 is 22.7 Å². The standard InChI is InChI=1S/C23H29N3O5S/c1-31-21-12-10-19(11-13-21)26(32(2,29)30)15-4-8-22(27)24-17-18-6-3-7-20(16-18)25-14-5-9-23(25)28/h3,6-7,10-13,16H,4-5,8-9,14-15,17H2,1-2H3,(H,24,27). The molecule has 0 aromatic heterocycles. The van der Waals surface area contributed by atoms with E-state index < -0.39 is 10.0 Å². The van der Waals surface area contributed by atoms with E-state index in [9.17, 15) is 18.0 Å². The highest BCUT2D eigenvalue weighted by atomic mass is 32.2. The van der Waals surface area contributed by atoms with E-state index in [-0.39, 0.29) is 24.8 Å². The van der Waals surface area contributed by atoms with E-state index >= 15 is 0 Å². The zero-order valence-electron chi connectivity index (χ0n) is 18.4. The molecule has 0 unspecified atom stereocenters. The number of nitrogens with zero attached hydrogens (tertiary/aromatic N) is 2. The van der Waals surface area contributed by atoms with Crippen molar-refractivity contribution >= 4 is 33.2 Å². The maximum atomic E-state index is 12.3. The molecular formula is C23H29N3O5S. The first kappa shape index (κ1) is 23.6. The summed E-state index contributed by atoms with van der Waals surface area (Å²) in [6, 6.07) is 14.3. The predicted molar refractivity (Wildman–Crippen MR) is 124 cm³/mol. The zero-order chi connectivity index (χ0) is 23.1. The topological polar surface area (TPSA) is 96.0 Å². The number of ether oxygens (including phenoxy) is 1. The molecule has 0 atom stereocenters. The Morgan fingerprint density at radius 2 is 1.94 bits per heavy atom. The highest BCUT2D eigenvalue weighted by molar-refractivity contribution is 7.92. The van der Waals surface area contributed by atoms with Crippen LogP contribution in [-0.4, -0.2) is 46.7 Å². The summed E-state index contributed by atoms with van der Waals surface area (Å²) in [5.74, 6) is 0.606. The second-order valence-electron chi connectivity index (χ2n) is 7.73. The number of hydrogen-bond acceptors (Lipinski definition) is 5. The summed E-state index contributed by atoms with van der Waals surface area (Å²) in [4.78, 5) is 26.0.